The normalized spacial score (nSPS) is 27.4. The van der Waals surface area contributed by atoms with Crippen molar-refractivity contribution in [2.75, 3.05) is 11.9 Å². The van der Waals surface area contributed by atoms with Crippen molar-refractivity contribution in [2.45, 2.75) is 51.4 Å². The lowest BCUT2D eigenvalue weighted by Gasteiger charge is -2.26. The summed E-state index contributed by atoms with van der Waals surface area (Å²) >= 11 is 0. The fourth-order valence-corrected chi connectivity index (χ4v) is 3.09. The molecule has 2 heterocycles. The highest BCUT2D eigenvalue weighted by molar-refractivity contribution is 5.45. The van der Waals surface area contributed by atoms with Crippen LogP contribution in [0.2, 0.25) is 0 Å². The van der Waals surface area contributed by atoms with Gasteiger partial charge in [0.25, 0.3) is 5.56 Å². The monoisotopic (exact) mass is 247 g/mol. The van der Waals surface area contributed by atoms with Gasteiger partial charge in [0.2, 0.25) is 0 Å². The van der Waals surface area contributed by atoms with Crippen molar-refractivity contribution in [3.63, 3.8) is 0 Å². The van der Waals surface area contributed by atoms with Crippen molar-refractivity contribution in [2.24, 2.45) is 5.92 Å². The van der Waals surface area contributed by atoms with Crippen LogP contribution in [0.5, 0.6) is 0 Å². The molecule has 2 aliphatic rings. The summed E-state index contributed by atoms with van der Waals surface area (Å²) in [5.41, 5.74) is 0.912. The summed E-state index contributed by atoms with van der Waals surface area (Å²) in [6, 6.07) is 0. The SMILES string of the molecule is CC1CCC(c2nc3c(c(=O)[nH]2)CCCN3)CC1. The van der Waals surface area contributed by atoms with Crippen LogP contribution >= 0.6 is 0 Å². The molecule has 4 heteroatoms. The van der Waals surface area contributed by atoms with Gasteiger partial charge in [-0.15, -0.1) is 0 Å². The summed E-state index contributed by atoms with van der Waals surface area (Å²) in [6.45, 7) is 3.24. The molecule has 0 unspecified atom stereocenters. The number of hydrogen-bond donors (Lipinski definition) is 2. The number of fused-ring (bicyclic) bond motifs is 1. The number of rotatable bonds is 1. The van der Waals surface area contributed by atoms with Crippen LogP contribution in [0.25, 0.3) is 0 Å². The molecule has 1 aliphatic carbocycles. The van der Waals surface area contributed by atoms with Gasteiger partial charge < -0.3 is 10.3 Å². The molecule has 1 aromatic rings. The van der Waals surface area contributed by atoms with Gasteiger partial charge in [0.15, 0.2) is 0 Å². The molecule has 0 spiro atoms. The Hall–Kier alpha value is -1.32. The fourth-order valence-electron chi connectivity index (χ4n) is 3.09. The van der Waals surface area contributed by atoms with Gasteiger partial charge in [0, 0.05) is 12.5 Å². The van der Waals surface area contributed by atoms with Crippen LogP contribution in [0.1, 0.15) is 56.3 Å². The van der Waals surface area contributed by atoms with Crippen molar-refractivity contribution in [3.8, 4) is 0 Å². The summed E-state index contributed by atoms with van der Waals surface area (Å²) in [5, 5.41) is 3.26. The fraction of sp³-hybridized carbons (Fsp3) is 0.714. The summed E-state index contributed by atoms with van der Waals surface area (Å²) < 4.78 is 0. The molecule has 1 aliphatic heterocycles. The third-order valence-corrected chi connectivity index (χ3v) is 4.33. The Bertz CT molecular complexity index is 486. The smallest absolute Gasteiger partial charge is 0.256 e. The average molecular weight is 247 g/mol. The van der Waals surface area contributed by atoms with Gasteiger partial charge in [-0.2, -0.15) is 0 Å². The standard InChI is InChI=1S/C14H21N3O/c1-9-4-6-10(7-5-9)12-16-13-11(14(18)17-12)3-2-8-15-13/h9-10H,2-8H2,1H3,(H2,15,16,17,18). The largest absolute Gasteiger partial charge is 0.370 e. The van der Waals surface area contributed by atoms with E-state index in [-0.39, 0.29) is 5.56 Å². The second-order valence-electron chi connectivity index (χ2n) is 5.77. The van der Waals surface area contributed by atoms with Crippen LogP contribution in [-0.2, 0) is 6.42 Å². The van der Waals surface area contributed by atoms with Crippen molar-refractivity contribution in [3.05, 3.63) is 21.7 Å². The quantitative estimate of drug-likeness (QED) is 0.801. The maximum absolute atomic E-state index is 12.1. The van der Waals surface area contributed by atoms with Gasteiger partial charge in [-0.1, -0.05) is 19.8 Å². The first kappa shape index (κ1) is 11.8. The Morgan fingerprint density at radius 2 is 2.00 bits per heavy atom. The third-order valence-electron chi connectivity index (χ3n) is 4.33. The van der Waals surface area contributed by atoms with Crippen molar-refractivity contribution < 1.29 is 0 Å². The van der Waals surface area contributed by atoms with E-state index in [0.717, 1.165) is 55.4 Å². The molecule has 1 saturated carbocycles. The number of nitrogens with one attached hydrogen (secondary N) is 2. The van der Waals surface area contributed by atoms with E-state index in [1.807, 2.05) is 0 Å². The molecule has 0 aromatic carbocycles. The molecule has 0 bridgehead atoms. The van der Waals surface area contributed by atoms with Gasteiger partial charge in [-0.3, -0.25) is 4.79 Å². The van der Waals surface area contributed by atoms with E-state index in [1.54, 1.807) is 0 Å². The first-order valence-corrected chi connectivity index (χ1v) is 7.11. The number of aromatic amines is 1. The second kappa shape index (κ2) is 4.75. The number of H-pyrrole nitrogens is 1. The summed E-state index contributed by atoms with van der Waals surface area (Å²) in [6.07, 6.45) is 6.69. The predicted octanol–water partition coefficient (Wildman–Crippen LogP) is 2.42. The lowest BCUT2D eigenvalue weighted by molar-refractivity contribution is 0.339. The Labute approximate surface area is 107 Å². The van der Waals surface area contributed by atoms with Gasteiger partial charge >= 0.3 is 0 Å². The lowest BCUT2D eigenvalue weighted by atomic mass is 9.82. The third kappa shape index (κ3) is 2.16. The van der Waals surface area contributed by atoms with E-state index >= 15 is 0 Å². The highest BCUT2D eigenvalue weighted by Crippen LogP contribution is 2.34. The Balaban J connectivity index is 1.89. The first-order chi connectivity index (χ1) is 8.74. The average Bonchev–Trinajstić information content (AvgIpc) is 2.39. The first-order valence-electron chi connectivity index (χ1n) is 7.11. The topological polar surface area (TPSA) is 57.8 Å². The van der Waals surface area contributed by atoms with Crippen LogP contribution < -0.4 is 10.9 Å². The molecular weight excluding hydrogens is 226 g/mol. The van der Waals surface area contributed by atoms with Gasteiger partial charge in [-0.05, 0) is 31.6 Å². The molecule has 0 atom stereocenters. The van der Waals surface area contributed by atoms with Crippen LogP contribution in [0, 0.1) is 5.92 Å². The number of hydrogen-bond acceptors (Lipinski definition) is 3. The number of nitrogens with zero attached hydrogens (tertiary/aromatic N) is 1. The minimum Gasteiger partial charge on any atom is -0.370 e. The van der Waals surface area contributed by atoms with E-state index in [4.69, 9.17) is 0 Å². The molecule has 1 fully saturated rings. The Kier molecular flexibility index (Phi) is 3.10. The maximum Gasteiger partial charge on any atom is 0.256 e. The number of anilines is 1. The molecule has 98 valence electrons. The zero-order valence-corrected chi connectivity index (χ0v) is 11.0. The molecule has 3 rings (SSSR count). The zero-order valence-electron chi connectivity index (χ0n) is 11.0. The van der Waals surface area contributed by atoms with Crippen molar-refractivity contribution in [1.82, 2.24) is 9.97 Å². The highest BCUT2D eigenvalue weighted by Gasteiger charge is 2.23. The minimum absolute atomic E-state index is 0.0702. The van der Waals surface area contributed by atoms with E-state index in [1.165, 1.54) is 12.8 Å². The molecule has 2 N–H and O–H groups in total. The van der Waals surface area contributed by atoms with Crippen LogP contribution in [0.3, 0.4) is 0 Å². The Morgan fingerprint density at radius 1 is 1.22 bits per heavy atom. The summed E-state index contributed by atoms with van der Waals surface area (Å²) in [7, 11) is 0. The zero-order chi connectivity index (χ0) is 12.5. The summed E-state index contributed by atoms with van der Waals surface area (Å²) in [5.74, 6) is 3.00. The molecule has 4 nitrogen and oxygen atoms in total. The van der Waals surface area contributed by atoms with E-state index in [0.29, 0.717) is 5.92 Å². The number of aromatic nitrogens is 2. The van der Waals surface area contributed by atoms with Crippen molar-refractivity contribution >= 4 is 5.82 Å². The van der Waals surface area contributed by atoms with E-state index in [2.05, 4.69) is 22.2 Å². The lowest BCUT2D eigenvalue weighted by Crippen LogP contribution is -2.26. The predicted molar refractivity (Wildman–Crippen MR) is 72.0 cm³/mol. The molecule has 0 radical (unpaired) electrons. The molecular formula is C14H21N3O. The molecule has 0 saturated heterocycles. The second-order valence-corrected chi connectivity index (χ2v) is 5.77. The molecule has 0 amide bonds. The minimum atomic E-state index is 0.0702. The Morgan fingerprint density at radius 3 is 2.78 bits per heavy atom. The van der Waals surface area contributed by atoms with E-state index < -0.39 is 0 Å². The molecule has 1 aromatic heterocycles. The van der Waals surface area contributed by atoms with Crippen LogP contribution in [0.4, 0.5) is 5.82 Å². The van der Waals surface area contributed by atoms with Crippen LogP contribution in [0.15, 0.2) is 4.79 Å². The van der Waals surface area contributed by atoms with Crippen LogP contribution in [-0.4, -0.2) is 16.5 Å². The van der Waals surface area contributed by atoms with Gasteiger partial charge in [-0.25, -0.2) is 4.98 Å². The highest BCUT2D eigenvalue weighted by atomic mass is 16.1. The summed E-state index contributed by atoms with van der Waals surface area (Å²) in [4.78, 5) is 19.7. The maximum atomic E-state index is 12.1. The molecule has 18 heavy (non-hydrogen) atoms. The van der Waals surface area contributed by atoms with Gasteiger partial charge in [0.1, 0.15) is 11.6 Å². The van der Waals surface area contributed by atoms with Crippen molar-refractivity contribution in [1.29, 1.82) is 0 Å². The van der Waals surface area contributed by atoms with Gasteiger partial charge in [0.05, 0.1) is 5.56 Å². The van der Waals surface area contributed by atoms with E-state index in [9.17, 15) is 4.79 Å².